The van der Waals surface area contributed by atoms with Gasteiger partial charge in [-0.2, -0.15) is 0 Å². The van der Waals surface area contributed by atoms with Crippen LogP contribution in [0.5, 0.6) is 0 Å². The maximum Gasteiger partial charge on any atom is 0.332 e. The van der Waals surface area contributed by atoms with Crippen LogP contribution in [0.4, 0.5) is 0 Å². The topological polar surface area (TPSA) is 75.2 Å². The lowest BCUT2D eigenvalue weighted by Crippen LogP contribution is -2.44. The van der Waals surface area contributed by atoms with Crippen molar-refractivity contribution in [1.82, 2.24) is 13.7 Å². The quantitative estimate of drug-likeness (QED) is 0.466. The fourth-order valence-corrected chi connectivity index (χ4v) is 4.38. The van der Waals surface area contributed by atoms with E-state index in [4.69, 9.17) is 4.74 Å². The number of methoxy groups -OCH3 is 1. The molecule has 31 heavy (non-hydrogen) atoms. The van der Waals surface area contributed by atoms with Crippen LogP contribution in [-0.4, -0.2) is 26.8 Å². The highest BCUT2D eigenvalue weighted by Crippen LogP contribution is 2.25. The van der Waals surface area contributed by atoms with Gasteiger partial charge in [-0.25, -0.2) is 14.2 Å². The van der Waals surface area contributed by atoms with Crippen molar-refractivity contribution in [3.8, 4) is 0 Å². The molecule has 0 amide bonds. The van der Waals surface area contributed by atoms with Gasteiger partial charge in [-0.1, -0.05) is 31.2 Å². The molecule has 4 aromatic rings. The van der Waals surface area contributed by atoms with Gasteiger partial charge in [0.05, 0.1) is 24.6 Å². The normalized spacial score (nSPS) is 12.4. The lowest BCUT2D eigenvalue weighted by molar-refractivity contribution is -0.144. The molecule has 0 spiro atoms. The van der Waals surface area contributed by atoms with Crippen LogP contribution >= 0.6 is 0 Å². The van der Waals surface area contributed by atoms with Gasteiger partial charge < -0.3 is 9.30 Å². The van der Waals surface area contributed by atoms with E-state index in [9.17, 15) is 14.4 Å². The zero-order chi connectivity index (χ0) is 22.3. The predicted octanol–water partition coefficient (Wildman–Crippen LogP) is 3.14. The van der Waals surface area contributed by atoms with Crippen molar-refractivity contribution in [2.75, 3.05) is 7.11 Å². The van der Waals surface area contributed by atoms with E-state index in [1.807, 2.05) is 42.9 Å². The molecule has 7 heteroatoms. The van der Waals surface area contributed by atoms with E-state index in [-0.39, 0.29) is 13.0 Å². The number of hydrogen-bond donors (Lipinski definition) is 0. The van der Waals surface area contributed by atoms with Crippen molar-refractivity contribution in [2.24, 2.45) is 7.05 Å². The number of nitrogens with zero attached hydrogens (tertiary/aromatic N) is 3. The van der Waals surface area contributed by atoms with E-state index in [2.05, 4.69) is 0 Å². The summed E-state index contributed by atoms with van der Waals surface area (Å²) in [6.07, 6.45) is 2.28. The Hall–Kier alpha value is -3.61. The number of esters is 1. The summed E-state index contributed by atoms with van der Waals surface area (Å²) in [5.74, 6) is -0.607. The molecular weight excluding hydrogens is 394 g/mol. The second kappa shape index (κ2) is 7.91. The molecule has 0 fully saturated rings. The van der Waals surface area contributed by atoms with Gasteiger partial charge in [0.15, 0.2) is 0 Å². The number of para-hydroxylation sites is 1. The summed E-state index contributed by atoms with van der Waals surface area (Å²) in [5.41, 5.74) is 2.69. The summed E-state index contributed by atoms with van der Waals surface area (Å²) >= 11 is 0. The van der Waals surface area contributed by atoms with Crippen LogP contribution in [0.3, 0.4) is 0 Å². The van der Waals surface area contributed by atoms with Gasteiger partial charge in [-0.15, -0.1) is 0 Å². The van der Waals surface area contributed by atoms with Crippen LogP contribution in [0.15, 0.2) is 58.3 Å². The smallest absolute Gasteiger partial charge is 0.332 e. The maximum absolute atomic E-state index is 13.6. The van der Waals surface area contributed by atoms with Gasteiger partial charge in [-0.3, -0.25) is 9.36 Å². The number of hydrogen-bond acceptors (Lipinski definition) is 4. The fourth-order valence-electron chi connectivity index (χ4n) is 4.38. The van der Waals surface area contributed by atoms with E-state index in [0.717, 1.165) is 26.6 Å². The highest BCUT2D eigenvalue weighted by molar-refractivity contribution is 5.87. The van der Waals surface area contributed by atoms with Crippen LogP contribution in [0.1, 0.15) is 30.5 Å². The van der Waals surface area contributed by atoms with Gasteiger partial charge >= 0.3 is 11.7 Å². The number of rotatable bonds is 5. The van der Waals surface area contributed by atoms with Crippen molar-refractivity contribution in [3.63, 3.8) is 0 Å². The Bertz CT molecular complexity index is 1420. The summed E-state index contributed by atoms with van der Waals surface area (Å²) in [4.78, 5) is 39.1. The van der Waals surface area contributed by atoms with Crippen molar-refractivity contribution < 1.29 is 9.53 Å². The number of aromatic nitrogens is 3. The van der Waals surface area contributed by atoms with E-state index >= 15 is 0 Å². The van der Waals surface area contributed by atoms with Gasteiger partial charge in [0.25, 0.3) is 5.56 Å². The molecule has 2 aromatic carbocycles. The zero-order valence-electron chi connectivity index (χ0n) is 18.1. The molecule has 1 atom stereocenters. The molecule has 0 saturated heterocycles. The van der Waals surface area contributed by atoms with E-state index in [1.54, 1.807) is 35.8 Å². The minimum absolute atomic E-state index is 0.271. The molecule has 2 aromatic heterocycles. The summed E-state index contributed by atoms with van der Waals surface area (Å²) in [5, 5.41) is 1.47. The summed E-state index contributed by atoms with van der Waals surface area (Å²) in [6, 6.07) is 12.1. The van der Waals surface area contributed by atoms with Gasteiger partial charge in [0.1, 0.15) is 6.04 Å². The molecule has 0 radical (unpaired) electrons. The van der Waals surface area contributed by atoms with Crippen LogP contribution in [0, 0.1) is 6.92 Å². The Kier molecular flexibility index (Phi) is 5.27. The summed E-state index contributed by atoms with van der Waals surface area (Å²) in [6.45, 7) is 4.07. The van der Waals surface area contributed by atoms with Crippen molar-refractivity contribution in [1.29, 1.82) is 0 Å². The molecule has 0 aliphatic heterocycles. The Balaban J connectivity index is 2.03. The first-order valence-electron chi connectivity index (χ1n) is 10.2. The van der Waals surface area contributed by atoms with Gasteiger partial charge in [-0.05, 0) is 42.7 Å². The third-order valence-corrected chi connectivity index (χ3v) is 5.88. The molecular formula is C24H25N3O4. The van der Waals surface area contributed by atoms with Crippen molar-refractivity contribution in [3.05, 3.63) is 80.6 Å². The molecule has 7 nitrogen and oxygen atoms in total. The summed E-state index contributed by atoms with van der Waals surface area (Å²) in [7, 11) is 3.23. The number of carbonyl (C=O) groups excluding carboxylic acids is 1. The number of benzene rings is 2. The van der Waals surface area contributed by atoms with E-state index in [0.29, 0.717) is 10.9 Å². The Morgan fingerprint density at radius 1 is 1.06 bits per heavy atom. The molecule has 0 bridgehead atoms. The largest absolute Gasteiger partial charge is 0.467 e. The molecule has 4 rings (SSSR count). The highest BCUT2D eigenvalue weighted by atomic mass is 16.5. The number of ether oxygens (including phenoxy) is 1. The van der Waals surface area contributed by atoms with Crippen LogP contribution in [0.25, 0.3) is 21.8 Å². The average molecular weight is 419 g/mol. The van der Waals surface area contributed by atoms with E-state index < -0.39 is 23.3 Å². The Labute approximate surface area is 179 Å². The maximum atomic E-state index is 13.6. The lowest BCUT2D eigenvalue weighted by Gasteiger charge is -2.19. The van der Waals surface area contributed by atoms with Gasteiger partial charge in [0, 0.05) is 24.1 Å². The zero-order valence-corrected chi connectivity index (χ0v) is 18.1. The van der Waals surface area contributed by atoms with E-state index in [1.165, 1.54) is 7.11 Å². The van der Waals surface area contributed by atoms with Crippen LogP contribution < -0.4 is 11.2 Å². The van der Waals surface area contributed by atoms with Crippen molar-refractivity contribution >= 4 is 27.8 Å². The van der Waals surface area contributed by atoms with Crippen molar-refractivity contribution in [2.45, 2.75) is 32.9 Å². The molecule has 0 saturated carbocycles. The molecule has 2 heterocycles. The first-order valence-corrected chi connectivity index (χ1v) is 10.2. The molecule has 0 aliphatic carbocycles. The molecule has 0 aliphatic rings. The summed E-state index contributed by atoms with van der Waals surface area (Å²) < 4.78 is 9.50. The van der Waals surface area contributed by atoms with Crippen LogP contribution in [0.2, 0.25) is 0 Å². The average Bonchev–Trinajstić information content (AvgIpc) is 3.10. The first kappa shape index (κ1) is 20.7. The lowest BCUT2D eigenvalue weighted by atomic mass is 10.1. The molecule has 0 N–H and O–H groups in total. The highest BCUT2D eigenvalue weighted by Gasteiger charge is 2.26. The number of carbonyl (C=O) groups is 1. The second-order valence-corrected chi connectivity index (χ2v) is 7.74. The SMILES string of the molecule is CCC(C(=O)OC)n1c(=O)c2ccccc2n(Cc2cn(C)c3cccc(C)c23)c1=O. The Morgan fingerprint density at radius 3 is 2.48 bits per heavy atom. The Morgan fingerprint density at radius 2 is 1.77 bits per heavy atom. The minimum Gasteiger partial charge on any atom is -0.467 e. The monoisotopic (exact) mass is 419 g/mol. The number of aryl methyl sites for hydroxylation is 2. The fraction of sp³-hybridized carbons (Fsp3) is 0.292. The standard InChI is InChI=1S/C24H25N3O4/c1-5-18(23(29)31-4)27-22(28)17-10-6-7-11-19(17)26(24(27)30)14-16-13-25(3)20-12-8-9-15(2)21(16)20/h6-13,18H,5,14H2,1-4H3. The molecule has 160 valence electrons. The third-order valence-electron chi connectivity index (χ3n) is 5.88. The third kappa shape index (κ3) is 3.26. The van der Waals surface area contributed by atoms with Gasteiger partial charge in [0.2, 0.25) is 0 Å². The predicted molar refractivity (Wildman–Crippen MR) is 121 cm³/mol. The first-order chi connectivity index (χ1) is 14.9. The number of fused-ring (bicyclic) bond motifs is 2. The van der Waals surface area contributed by atoms with Crippen LogP contribution in [-0.2, 0) is 23.1 Å². The minimum atomic E-state index is -0.977. The second-order valence-electron chi connectivity index (χ2n) is 7.74. The molecule has 1 unspecified atom stereocenters.